The number of nitrogens with zero attached hydrogens (tertiary/aromatic N) is 2. The summed E-state index contributed by atoms with van der Waals surface area (Å²) in [6, 6.07) is 24.7. The summed E-state index contributed by atoms with van der Waals surface area (Å²) >= 11 is 0. The van der Waals surface area contributed by atoms with E-state index >= 15 is 0 Å². The van der Waals surface area contributed by atoms with Gasteiger partial charge >= 0.3 is 0 Å². The lowest BCUT2D eigenvalue weighted by Gasteiger charge is -2.28. The van der Waals surface area contributed by atoms with E-state index < -0.39 is 0 Å². The van der Waals surface area contributed by atoms with Crippen LogP contribution in [-0.4, -0.2) is 23.1 Å². The number of aromatic nitrogens is 2. The molecule has 1 saturated carbocycles. The van der Waals surface area contributed by atoms with Gasteiger partial charge in [-0.25, -0.2) is 9.97 Å². The Morgan fingerprint density at radius 3 is 2.54 bits per heavy atom. The molecule has 1 heterocycles. The molecule has 1 aliphatic rings. The van der Waals surface area contributed by atoms with Crippen LogP contribution in [0.5, 0.6) is 5.75 Å². The summed E-state index contributed by atoms with van der Waals surface area (Å²) in [5.41, 5.74) is 10.3. The van der Waals surface area contributed by atoms with Crippen LogP contribution in [0.2, 0.25) is 0 Å². The van der Waals surface area contributed by atoms with Crippen molar-refractivity contribution >= 4 is 28.9 Å². The van der Waals surface area contributed by atoms with E-state index in [2.05, 4.69) is 54.4 Å². The monoisotopic (exact) mass is 518 g/mol. The molecule has 0 bridgehead atoms. The molecule has 39 heavy (non-hydrogen) atoms. The normalized spacial score (nSPS) is 17.4. The first kappa shape index (κ1) is 26.6. The topological polar surface area (TPSA) is 73.1 Å². The first-order chi connectivity index (χ1) is 19.2. The van der Waals surface area contributed by atoms with E-state index in [0.717, 1.165) is 53.1 Å². The van der Waals surface area contributed by atoms with E-state index in [-0.39, 0.29) is 0 Å². The highest BCUT2D eigenvalue weighted by molar-refractivity contribution is 5.90. The first-order valence-electron chi connectivity index (χ1n) is 14.0. The quantitative estimate of drug-likeness (QED) is 0.204. The van der Waals surface area contributed by atoms with Crippen LogP contribution < -0.4 is 15.8 Å². The van der Waals surface area contributed by atoms with Crippen molar-refractivity contribution in [1.29, 1.82) is 0 Å². The molecule has 0 radical (unpaired) electrons. The fourth-order valence-electron chi connectivity index (χ4n) is 5.33. The minimum absolute atomic E-state index is 0.555. The fourth-order valence-corrected chi connectivity index (χ4v) is 5.33. The van der Waals surface area contributed by atoms with Gasteiger partial charge in [0.1, 0.15) is 18.2 Å². The molecular weight excluding hydrogens is 480 g/mol. The summed E-state index contributed by atoms with van der Waals surface area (Å²) in [5, 5.41) is 4.73. The van der Waals surface area contributed by atoms with E-state index in [1.54, 1.807) is 0 Å². The molecule has 5 rings (SSSR count). The molecule has 4 aromatic rings. The average Bonchev–Trinajstić information content (AvgIpc) is 2.99. The van der Waals surface area contributed by atoms with Gasteiger partial charge in [-0.15, -0.1) is 6.58 Å². The van der Waals surface area contributed by atoms with Crippen LogP contribution in [0.15, 0.2) is 85.5 Å². The molecule has 5 heteroatoms. The summed E-state index contributed by atoms with van der Waals surface area (Å²) in [6.45, 7) is 6.14. The summed E-state index contributed by atoms with van der Waals surface area (Å²) in [5.74, 6) is 3.69. The second-order valence-electron chi connectivity index (χ2n) is 10.5. The van der Waals surface area contributed by atoms with E-state index in [1.807, 2.05) is 48.6 Å². The predicted octanol–water partition coefficient (Wildman–Crippen LogP) is 7.28. The summed E-state index contributed by atoms with van der Waals surface area (Å²) in [7, 11) is 0. The first-order valence-corrected chi connectivity index (χ1v) is 14.0. The van der Waals surface area contributed by atoms with Gasteiger partial charge in [0.15, 0.2) is 5.82 Å². The van der Waals surface area contributed by atoms with Crippen molar-refractivity contribution in [2.45, 2.75) is 38.7 Å². The van der Waals surface area contributed by atoms with E-state index in [0.29, 0.717) is 24.3 Å². The van der Waals surface area contributed by atoms with Gasteiger partial charge in [-0.05, 0) is 91.1 Å². The predicted molar refractivity (Wildman–Crippen MR) is 163 cm³/mol. The van der Waals surface area contributed by atoms with Crippen molar-refractivity contribution in [3.8, 4) is 5.75 Å². The van der Waals surface area contributed by atoms with E-state index in [1.165, 1.54) is 31.2 Å². The second-order valence-corrected chi connectivity index (χ2v) is 10.5. The lowest BCUT2D eigenvalue weighted by atomic mass is 9.81. The molecule has 1 aliphatic carbocycles. The Balaban J connectivity index is 1.31. The standard InChI is InChI=1S/C34H38N4O/c1-2-7-26-14-18-32-31(21-26)34(36-23-29-11-6-10-28(20-29)22-35)38-33(37-32)19-15-25-12-16-30(17-13-25)39-24-27-8-4-3-5-9-27/h2-5,8-9,12-19,21,28-29H,1,6-7,10-11,20,22-24,35H2,(H,36,37,38)/b19-15+. The molecule has 0 amide bonds. The molecule has 2 atom stereocenters. The maximum Gasteiger partial charge on any atom is 0.154 e. The van der Waals surface area contributed by atoms with Gasteiger partial charge in [-0.2, -0.15) is 0 Å². The molecule has 0 saturated heterocycles. The number of allylic oxidation sites excluding steroid dienone is 1. The van der Waals surface area contributed by atoms with Gasteiger partial charge in [0, 0.05) is 11.9 Å². The number of anilines is 1. The van der Waals surface area contributed by atoms with Gasteiger partial charge in [0.2, 0.25) is 0 Å². The minimum atomic E-state index is 0.555. The Labute approximate surface area is 231 Å². The Bertz CT molecular complexity index is 1400. The Morgan fingerprint density at radius 1 is 0.923 bits per heavy atom. The Hall–Kier alpha value is -3.96. The molecule has 200 valence electrons. The van der Waals surface area contributed by atoms with Crippen LogP contribution in [0.1, 0.15) is 48.2 Å². The van der Waals surface area contributed by atoms with Gasteiger partial charge in [0.05, 0.1) is 5.52 Å². The third-order valence-electron chi connectivity index (χ3n) is 7.49. The number of fused-ring (bicyclic) bond motifs is 1. The second kappa shape index (κ2) is 13.2. The largest absolute Gasteiger partial charge is 0.489 e. The molecule has 0 aliphatic heterocycles. The molecule has 1 aromatic heterocycles. The zero-order valence-corrected chi connectivity index (χ0v) is 22.6. The van der Waals surface area contributed by atoms with E-state index in [9.17, 15) is 0 Å². The fraction of sp³-hybridized carbons (Fsp3) is 0.294. The highest BCUT2D eigenvalue weighted by atomic mass is 16.5. The number of nitrogens with two attached hydrogens (primary N) is 1. The van der Waals surface area contributed by atoms with Crippen molar-refractivity contribution in [2.24, 2.45) is 17.6 Å². The van der Waals surface area contributed by atoms with Crippen molar-refractivity contribution in [1.82, 2.24) is 9.97 Å². The maximum atomic E-state index is 5.98. The zero-order valence-electron chi connectivity index (χ0n) is 22.6. The van der Waals surface area contributed by atoms with Gasteiger partial charge in [-0.1, -0.05) is 67.1 Å². The van der Waals surface area contributed by atoms with Crippen LogP contribution in [0, 0.1) is 11.8 Å². The van der Waals surface area contributed by atoms with Crippen LogP contribution in [-0.2, 0) is 13.0 Å². The van der Waals surface area contributed by atoms with E-state index in [4.69, 9.17) is 20.4 Å². The minimum Gasteiger partial charge on any atom is -0.489 e. The number of hydrogen-bond donors (Lipinski definition) is 2. The smallest absolute Gasteiger partial charge is 0.154 e. The van der Waals surface area contributed by atoms with Crippen molar-refractivity contribution in [3.63, 3.8) is 0 Å². The van der Waals surface area contributed by atoms with Crippen LogP contribution in [0.3, 0.4) is 0 Å². The van der Waals surface area contributed by atoms with Crippen molar-refractivity contribution in [3.05, 3.63) is 108 Å². The highest BCUT2D eigenvalue weighted by Crippen LogP contribution is 2.30. The molecule has 2 unspecified atom stereocenters. The van der Waals surface area contributed by atoms with Gasteiger partial charge < -0.3 is 15.8 Å². The lowest BCUT2D eigenvalue weighted by molar-refractivity contribution is 0.281. The molecule has 1 fully saturated rings. The van der Waals surface area contributed by atoms with Crippen molar-refractivity contribution < 1.29 is 4.74 Å². The maximum absolute atomic E-state index is 5.98. The molecule has 5 nitrogen and oxygen atoms in total. The zero-order chi connectivity index (χ0) is 26.9. The SMILES string of the molecule is C=CCc1ccc2nc(/C=C/c3ccc(OCc4ccccc4)cc3)nc(NCC3CCCC(CN)C3)c2c1. The van der Waals surface area contributed by atoms with Gasteiger partial charge in [-0.3, -0.25) is 0 Å². The van der Waals surface area contributed by atoms with Crippen LogP contribution >= 0.6 is 0 Å². The van der Waals surface area contributed by atoms with Crippen LogP contribution in [0.4, 0.5) is 5.82 Å². The molecule has 3 aromatic carbocycles. The highest BCUT2D eigenvalue weighted by Gasteiger charge is 2.21. The third kappa shape index (κ3) is 7.33. The number of rotatable bonds is 11. The van der Waals surface area contributed by atoms with Crippen molar-refractivity contribution in [2.75, 3.05) is 18.4 Å². The number of ether oxygens (including phenoxy) is 1. The summed E-state index contributed by atoms with van der Waals surface area (Å²) in [4.78, 5) is 9.78. The number of benzene rings is 3. The third-order valence-corrected chi connectivity index (χ3v) is 7.49. The summed E-state index contributed by atoms with van der Waals surface area (Å²) < 4.78 is 5.92. The summed E-state index contributed by atoms with van der Waals surface area (Å²) in [6.07, 6.45) is 11.7. The van der Waals surface area contributed by atoms with Gasteiger partial charge in [0.25, 0.3) is 0 Å². The Kier molecular flexibility index (Phi) is 9.02. The molecular formula is C34H38N4O. The lowest BCUT2D eigenvalue weighted by Crippen LogP contribution is -2.26. The molecule has 0 spiro atoms. The van der Waals surface area contributed by atoms with Crippen LogP contribution in [0.25, 0.3) is 23.1 Å². The Morgan fingerprint density at radius 2 is 1.74 bits per heavy atom. The number of nitrogens with one attached hydrogen (secondary N) is 1. The molecule has 3 N–H and O–H groups in total. The number of hydrogen-bond acceptors (Lipinski definition) is 5. The average molecular weight is 519 g/mol.